The van der Waals surface area contributed by atoms with E-state index >= 15 is 0 Å². The molecule has 0 radical (unpaired) electrons. The van der Waals surface area contributed by atoms with Crippen LogP contribution in [0.1, 0.15) is 32.8 Å². The van der Waals surface area contributed by atoms with Crippen LogP contribution in [0.2, 0.25) is 0 Å². The van der Waals surface area contributed by atoms with E-state index in [0.29, 0.717) is 0 Å². The van der Waals surface area contributed by atoms with Gasteiger partial charge in [0, 0.05) is 13.0 Å². The van der Waals surface area contributed by atoms with E-state index in [4.69, 9.17) is 14.6 Å². The molecule has 6 heteroatoms. The van der Waals surface area contributed by atoms with Crippen LogP contribution in [0.4, 0.5) is 4.79 Å². The Morgan fingerprint density at radius 2 is 1.86 bits per heavy atom. The Morgan fingerprint density at radius 3 is 2.41 bits per heavy atom. The Bertz CT molecular complexity index is 481. The number of carbonyl (C=O) groups excluding carboxylic acids is 2. The SMILES string of the molecule is CC(C)(C)OC(=O)N[C@H](CCO)C(=O)OCc1ccccc1. The Kier molecular flexibility index (Phi) is 6.85. The molecule has 6 nitrogen and oxygen atoms in total. The van der Waals surface area contributed by atoms with E-state index in [9.17, 15) is 9.59 Å². The van der Waals surface area contributed by atoms with Gasteiger partial charge in [-0.25, -0.2) is 9.59 Å². The van der Waals surface area contributed by atoms with Crippen LogP contribution >= 0.6 is 0 Å². The average molecular weight is 309 g/mol. The number of ether oxygens (including phenoxy) is 2. The predicted octanol–water partition coefficient (Wildman–Crippen LogP) is 2.01. The molecule has 2 N–H and O–H groups in total. The van der Waals surface area contributed by atoms with Crippen molar-refractivity contribution < 1.29 is 24.2 Å². The van der Waals surface area contributed by atoms with Crippen molar-refractivity contribution in [2.24, 2.45) is 0 Å². The van der Waals surface area contributed by atoms with Gasteiger partial charge in [-0.15, -0.1) is 0 Å². The van der Waals surface area contributed by atoms with Gasteiger partial charge in [0.2, 0.25) is 0 Å². The zero-order valence-electron chi connectivity index (χ0n) is 13.2. The fourth-order valence-corrected chi connectivity index (χ4v) is 1.66. The molecule has 0 saturated carbocycles. The van der Waals surface area contributed by atoms with Gasteiger partial charge < -0.3 is 19.9 Å². The van der Waals surface area contributed by atoms with E-state index < -0.39 is 23.7 Å². The first-order valence-electron chi connectivity index (χ1n) is 7.13. The second kappa shape index (κ2) is 8.38. The average Bonchev–Trinajstić information content (AvgIpc) is 2.43. The first-order valence-corrected chi connectivity index (χ1v) is 7.13. The molecule has 122 valence electrons. The van der Waals surface area contributed by atoms with Gasteiger partial charge in [-0.2, -0.15) is 0 Å². The summed E-state index contributed by atoms with van der Waals surface area (Å²) >= 11 is 0. The van der Waals surface area contributed by atoms with Crippen LogP contribution in [-0.2, 0) is 20.9 Å². The second-order valence-electron chi connectivity index (χ2n) is 5.80. The van der Waals surface area contributed by atoms with Crippen molar-refractivity contribution in [1.82, 2.24) is 5.32 Å². The number of carbonyl (C=O) groups is 2. The van der Waals surface area contributed by atoms with Gasteiger partial charge >= 0.3 is 12.1 Å². The second-order valence-corrected chi connectivity index (χ2v) is 5.80. The Hall–Kier alpha value is -2.08. The van der Waals surface area contributed by atoms with E-state index in [1.54, 1.807) is 20.8 Å². The molecule has 0 aliphatic carbocycles. The minimum absolute atomic E-state index is 0.0624. The third-order valence-corrected chi connectivity index (χ3v) is 2.62. The lowest BCUT2D eigenvalue weighted by atomic mass is 10.2. The number of aliphatic hydroxyl groups is 1. The first-order chi connectivity index (χ1) is 10.3. The van der Waals surface area contributed by atoms with Crippen LogP contribution in [0, 0.1) is 0 Å². The highest BCUT2D eigenvalue weighted by Crippen LogP contribution is 2.08. The molecular weight excluding hydrogens is 286 g/mol. The highest BCUT2D eigenvalue weighted by molar-refractivity contribution is 5.81. The topological polar surface area (TPSA) is 84.9 Å². The number of esters is 1. The lowest BCUT2D eigenvalue weighted by Crippen LogP contribution is -2.44. The minimum atomic E-state index is -0.941. The van der Waals surface area contributed by atoms with Crippen LogP contribution in [0.25, 0.3) is 0 Å². The molecule has 0 aromatic heterocycles. The number of nitrogens with one attached hydrogen (secondary N) is 1. The van der Waals surface area contributed by atoms with E-state index in [2.05, 4.69) is 5.32 Å². The first kappa shape index (κ1) is 18.0. The zero-order chi connectivity index (χ0) is 16.6. The molecule has 1 atom stereocenters. The number of amides is 1. The Morgan fingerprint density at radius 1 is 1.23 bits per heavy atom. The van der Waals surface area contributed by atoms with Gasteiger partial charge in [-0.3, -0.25) is 0 Å². The van der Waals surface area contributed by atoms with Crippen molar-refractivity contribution in [1.29, 1.82) is 0 Å². The molecule has 0 aliphatic rings. The largest absolute Gasteiger partial charge is 0.459 e. The maximum Gasteiger partial charge on any atom is 0.408 e. The lowest BCUT2D eigenvalue weighted by molar-refractivity contribution is -0.148. The van der Waals surface area contributed by atoms with Gasteiger partial charge in [0.25, 0.3) is 0 Å². The summed E-state index contributed by atoms with van der Waals surface area (Å²) in [6.07, 6.45) is -0.657. The summed E-state index contributed by atoms with van der Waals surface area (Å²) < 4.78 is 10.2. The molecule has 0 fully saturated rings. The summed E-state index contributed by atoms with van der Waals surface area (Å²) in [5.41, 5.74) is 0.179. The molecule has 1 aromatic rings. The van der Waals surface area contributed by atoms with E-state index in [1.165, 1.54) is 0 Å². The Labute approximate surface area is 130 Å². The molecule has 0 bridgehead atoms. The van der Waals surface area contributed by atoms with E-state index in [0.717, 1.165) is 5.56 Å². The van der Waals surface area contributed by atoms with Crippen molar-refractivity contribution in [2.75, 3.05) is 6.61 Å². The molecular formula is C16H23NO5. The molecule has 0 aliphatic heterocycles. The maximum atomic E-state index is 12.0. The van der Waals surface area contributed by atoms with Gasteiger partial charge in [-0.1, -0.05) is 30.3 Å². The summed E-state index contributed by atoms with van der Waals surface area (Å²) in [4.78, 5) is 23.7. The summed E-state index contributed by atoms with van der Waals surface area (Å²) in [7, 11) is 0. The number of hydrogen-bond donors (Lipinski definition) is 2. The van der Waals surface area contributed by atoms with Crippen molar-refractivity contribution >= 4 is 12.1 Å². The van der Waals surface area contributed by atoms with Crippen LogP contribution in [0.15, 0.2) is 30.3 Å². The van der Waals surface area contributed by atoms with Crippen molar-refractivity contribution in [3.63, 3.8) is 0 Å². The minimum Gasteiger partial charge on any atom is -0.459 e. The summed E-state index contributed by atoms with van der Waals surface area (Å²) in [6.45, 7) is 5.03. The standard InChI is InChI=1S/C16H23NO5/c1-16(2,3)22-15(20)17-13(9-10-18)14(19)21-11-12-7-5-4-6-8-12/h4-8,13,18H,9-11H2,1-3H3,(H,17,20)/t13-/m1/s1. The normalized spacial score (nSPS) is 12.4. The number of aliphatic hydroxyl groups excluding tert-OH is 1. The highest BCUT2D eigenvalue weighted by atomic mass is 16.6. The van der Waals surface area contributed by atoms with Crippen LogP contribution in [-0.4, -0.2) is 35.4 Å². The van der Waals surface area contributed by atoms with Gasteiger partial charge in [-0.05, 0) is 26.3 Å². The van der Waals surface area contributed by atoms with Gasteiger partial charge in [0.15, 0.2) is 0 Å². The highest BCUT2D eigenvalue weighted by Gasteiger charge is 2.25. The summed E-state index contributed by atoms with van der Waals surface area (Å²) in [6, 6.07) is 8.26. The number of hydrogen-bond acceptors (Lipinski definition) is 5. The van der Waals surface area contributed by atoms with E-state index in [-0.39, 0.29) is 19.6 Å². The van der Waals surface area contributed by atoms with Crippen molar-refractivity contribution in [2.45, 2.75) is 45.4 Å². The summed E-state index contributed by atoms with van der Waals surface area (Å²) in [5.74, 6) is -0.608. The van der Waals surface area contributed by atoms with E-state index in [1.807, 2.05) is 30.3 Å². The smallest absolute Gasteiger partial charge is 0.408 e. The molecule has 0 saturated heterocycles. The van der Waals surface area contributed by atoms with Crippen LogP contribution in [0.3, 0.4) is 0 Å². The molecule has 1 aromatic carbocycles. The third-order valence-electron chi connectivity index (χ3n) is 2.62. The van der Waals surface area contributed by atoms with Crippen molar-refractivity contribution in [3.8, 4) is 0 Å². The molecule has 0 unspecified atom stereocenters. The fourth-order valence-electron chi connectivity index (χ4n) is 1.66. The maximum absolute atomic E-state index is 12.0. The van der Waals surface area contributed by atoms with Gasteiger partial charge in [0.05, 0.1) is 0 Å². The fraction of sp³-hybridized carbons (Fsp3) is 0.500. The van der Waals surface area contributed by atoms with Crippen molar-refractivity contribution in [3.05, 3.63) is 35.9 Å². The van der Waals surface area contributed by atoms with Crippen LogP contribution in [0.5, 0.6) is 0 Å². The molecule has 0 heterocycles. The lowest BCUT2D eigenvalue weighted by Gasteiger charge is -2.22. The number of alkyl carbamates (subject to hydrolysis) is 1. The monoisotopic (exact) mass is 309 g/mol. The molecule has 1 rings (SSSR count). The molecule has 22 heavy (non-hydrogen) atoms. The quantitative estimate of drug-likeness (QED) is 0.785. The number of benzene rings is 1. The summed E-state index contributed by atoms with van der Waals surface area (Å²) in [5, 5.41) is 11.4. The molecule has 1 amide bonds. The predicted molar refractivity (Wildman–Crippen MR) is 81.1 cm³/mol. The van der Waals surface area contributed by atoms with Gasteiger partial charge in [0.1, 0.15) is 18.2 Å². The van der Waals surface area contributed by atoms with Crippen LogP contribution < -0.4 is 5.32 Å². The Balaban J connectivity index is 2.54. The third kappa shape index (κ3) is 7.08. The molecule has 0 spiro atoms. The number of rotatable bonds is 6. The zero-order valence-corrected chi connectivity index (χ0v) is 13.2.